The van der Waals surface area contributed by atoms with E-state index in [4.69, 9.17) is 15.0 Å². The Kier molecular flexibility index (Phi) is 3.38. The monoisotopic (exact) mass is 299 g/mol. The highest BCUT2D eigenvalue weighted by molar-refractivity contribution is 6.61. The highest BCUT2D eigenvalue weighted by Crippen LogP contribution is 2.36. The highest BCUT2D eigenvalue weighted by Gasteiger charge is 2.52. The maximum Gasteiger partial charge on any atom is 0.516 e. The van der Waals surface area contributed by atoms with Crippen molar-refractivity contribution < 1.29 is 9.31 Å². The summed E-state index contributed by atoms with van der Waals surface area (Å²) in [4.78, 5) is 16.7. The first-order chi connectivity index (χ1) is 10.3. The number of hydrogen-bond donors (Lipinski definition) is 1. The van der Waals surface area contributed by atoms with Gasteiger partial charge >= 0.3 is 7.12 Å². The summed E-state index contributed by atoms with van der Waals surface area (Å²) in [6.45, 7) is 8.00. The van der Waals surface area contributed by atoms with Crippen molar-refractivity contribution in [1.82, 2.24) is 19.9 Å². The zero-order chi connectivity index (χ0) is 16.0. The molecule has 114 valence electrons. The van der Waals surface area contributed by atoms with E-state index in [0.29, 0.717) is 11.3 Å². The summed E-state index contributed by atoms with van der Waals surface area (Å²) in [7, 11) is -0.519. The minimum atomic E-state index is -0.519. The van der Waals surface area contributed by atoms with Crippen LogP contribution in [0.3, 0.4) is 0 Å². The molecular formula is C14H18BN5O2. The van der Waals surface area contributed by atoms with Crippen LogP contribution in [0, 0.1) is 0 Å². The molecule has 1 aliphatic heterocycles. The molecule has 0 atom stereocenters. The first-order valence-electron chi connectivity index (χ1n) is 7.04. The maximum absolute atomic E-state index is 5.95. The molecule has 0 radical (unpaired) electrons. The van der Waals surface area contributed by atoms with Crippen LogP contribution in [0.2, 0.25) is 0 Å². The second-order valence-corrected chi connectivity index (χ2v) is 6.24. The average molecular weight is 299 g/mol. The molecule has 0 unspecified atom stereocenters. The molecule has 3 rings (SSSR count). The third kappa shape index (κ3) is 2.55. The van der Waals surface area contributed by atoms with Gasteiger partial charge in [-0.25, -0.2) is 9.97 Å². The van der Waals surface area contributed by atoms with E-state index in [0.717, 1.165) is 5.56 Å². The Balaban J connectivity index is 1.82. The molecule has 2 aromatic heterocycles. The molecule has 0 bridgehead atoms. The molecule has 2 aromatic rings. The fraction of sp³-hybridized carbons (Fsp3) is 0.429. The molecule has 0 aliphatic carbocycles. The Labute approximate surface area is 129 Å². The molecule has 3 heterocycles. The van der Waals surface area contributed by atoms with Gasteiger partial charge in [0.15, 0.2) is 0 Å². The molecule has 22 heavy (non-hydrogen) atoms. The number of nitrogen functional groups attached to an aromatic ring is 1. The molecule has 0 aromatic carbocycles. The van der Waals surface area contributed by atoms with Crippen molar-refractivity contribution in [2.45, 2.75) is 38.9 Å². The fourth-order valence-electron chi connectivity index (χ4n) is 2.04. The van der Waals surface area contributed by atoms with Gasteiger partial charge in [0.1, 0.15) is 0 Å². The van der Waals surface area contributed by atoms with E-state index in [1.54, 1.807) is 24.8 Å². The smallest absolute Gasteiger partial charge is 0.398 e. The third-order valence-corrected chi connectivity index (χ3v) is 4.13. The second kappa shape index (κ2) is 5.00. The minimum absolute atomic E-state index is 0.227. The van der Waals surface area contributed by atoms with E-state index in [1.165, 1.54) is 0 Å². The Morgan fingerprint density at radius 3 is 1.95 bits per heavy atom. The van der Waals surface area contributed by atoms with Crippen LogP contribution in [-0.2, 0) is 9.31 Å². The van der Waals surface area contributed by atoms with Crippen LogP contribution in [0.15, 0.2) is 24.8 Å². The predicted molar refractivity (Wildman–Crippen MR) is 83.2 cm³/mol. The van der Waals surface area contributed by atoms with Gasteiger partial charge in [-0.05, 0) is 27.7 Å². The summed E-state index contributed by atoms with van der Waals surface area (Å²) >= 11 is 0. The summed E-state index contributed by atoms with van der Waals surface area (Å²) in [5.74, 6) is 0.227. The Bertz CT molecular complexity index is 657. The number of aromatic nitrogens is 4. The molecule has 1 fully saturated rings. The standard InChI is InChI=1S/C14H18BN5O2/c1-13(2)14(3,4)22-15(21-13)11-8-17-10(7-18-11)9-5-19-12(16)20-6-9/h5-8H,1-4H3,(H2,16,19,20). The number of rotatable bonds is 2. The van der Waals surface area contributed by atoms with Crippen LogP contribution < -0.4 is 11.3 Å². The molecule has 1 saturated heterocycles. The summed E-state index contributed by atoms with van der Waals surface area (Å²) < 4.78 is 11.9. The topological polar surface area (TPSA) is 96.0 Å². The average Bonchev–Trinajstić information content (AvgIpc) is 2.68. The largest absolute Gasteiger partial charge is 0.516 e. The summed E-state index contributed by atoms with van der Waals surface area (Å²) in [6.07, 6.45) is 6.52. The predicted octanol–water partition coefficient (Wildman–Crippen LogP) is 0.815. The van der Waals surface area contributed by atoms with Gasteiger partial charge < -0.3 is 15.0 Å². The molecule has 0 spiro atoms. The Morgan fingerprint density at radius 2 is 1.45 bits per heavy atom. The van der Waals surface area contributed by atoms with Crippen molar-refractivity contribution in [3.8, 4) is 11.3 Å². The van der Waals surface area contributed by atoms with E-state index in [9.17, 15) is 0 Å². The third-order valence-electron chi connectivity index (χ3n) is 4.13. The molecule has 2 N–H and O–H groups in total. The Morgan fingerprint density at radius 1 is 0.864 bits per heavy atom. The van der Waals surface area contributed by atoms with Crippen LogP contribution in [0.5, 0.6) is 0 Å². The lowest BCUT2D eigenvalue weighted by molar-refractivity contribution is 0.00578. The molecule has 0 saturated carbocycles. The van der Waals surface area contributed by atoms with E-state index in [2.05, 4.69) is 19.9 Å². The van der Waals surface area contributed by atoms with Crippen molar-refractivity contribution in [2.24, 2.45) is 0 Å². The Hall–Kier alpha value is -2.06. The summed E-state index contributed by atoms with van der Waals surface area (Å²) in [5, 5.41) is 0. The van der Waals surface area contributed by atoms with E-state index < -0.39 is 18.3 Å². The lowest BCUT2D eigenvalue weighted by Crippen LogP contribution is -2.41. The van der Waals surface area contributed by atoms with E-state index >= 15 is 0 Å². The molecule has 7 nitrogen and oxygen atoms in total. The maximum atomic E-state index is 5.95. The van der Waals surface area contributed by atoms with Crippen LogP contribution >= 0.6 is 0 Å². The number of nitrogens with two attached hydrogens (primary N) is 1. The van der Waals surface area contributed by atoms with Crippen LogP contribution in [-0.4, -0.2) is 38.3 Å². The second-order valence-electron chi connectivity index (χ2n) is 6.24. The van der Waals surface area contributed by atoms with Gasteiger partial charge in [-0.1, -0.05) is 0 Å². The number of nitrogens with zero attached hydrogens (tertiary/aromatic N) is 4. The SMILES string of the molecule is CC1(C)OB(c2cnc(-c3cnc(N)nc3)cn2)OC1(C)C. The minimum Gasteiger partial charge on any atom is -0.398 e. The summed E-state index contributed by atoms with van der Waals surface area (Å²) in [5.41, 5.74) is 6.73. The van der Waals surface area contributed by atoms with Gasteiger partial charge in [0.2, 0.25) is 5.95 Å². The normalized spacial score (nSPS) is 19.4. The quantitative estimate of drug-likeness (QED) is 0.820. The van der Waals surface area contributed by atoms with Gasteiger partial charge in [-0.2, -0.15) is 0 Å². The molecular weight excluding hydrogens is 281 g/mol. The van der Waals surface area contributed by atoms with Crippen LogP contribution in [0.1, 0.15) is 27.7 Å². The number of anilines is 1. The number of hydrogen-bond acceptors (Lipinski definition) is 7. The van der Waals surface area contributed by atoms with Crippen LogP contribution in [0.25, 0.3) is 11.3 Å². The van der Waals surface area contributed by atoms with Crippen molar-refractivity contribution in [3.63, 3.8) is 0 Å². The van der Waals surface area contributed by atoms with Crippen molar-refractivity contribution in [2.75, 3.05) is 5.73 Å². The molecule has 0 amide bonds. The van der Waals surface area contributed by atoms with Gasteiger partial charge in [0.05, 0.1) is 28.7 Å². The summed E-state index contributed by atoms with van der Waals surface area (Å²) in [6, 6.07) is 0. The van der Waals surface area contributed by atoms with E-state index in [-0.39, 0.29) is 5.95 Å². The molecule has 1 aliphatic rings. The van der Waals surface area contributed by atoms with E-state index in [1.807, 2.05) is 27.7 Å². The lowest BCUT2D eigenvalue weighted by Gasteiger charge is -2.32. The van der Waals surface area contributed by atoms with Crippen LogP contribution in [0.4, 0.5) is 5.95 Å². The highest BCUT2D eigenvalue weighted by atomic mass is 16.7. The van der Waals surface area contributed by atoms with Crippen molar-refractivity contribution in [1.29, 1.82) is 0 Å². The van der Waals surface area contributed by atoms with Crippen molar-refractivity contribution in [3.05, 3.63) is 24.8 Å². The fourth-order valence-corrected chi connectivity index (χ4v) is 2.04. The zero-order valence-corrected chi connectivity index (χ0v) is 13.1. The van der Waals surface area contributed by atoms with Gasteiger partial charge in [-0.3, -0.25) is 9.97 Å². The first-order valence-corrected chi connectivity index (χ1v) is 7.04. The van der Waals surface area contributed by atoms with Crippen molar-refractivity contribution >= 4 is 18.7 Å². The zero-order valence-electron chi connectivity index (χ0n) is 13.1. The van der Waals surface area contributed by atoms with Gasteiger partial charge in [0, 0.05) is 24.2 Å². The van der Waals surface area contributed by atoms with Gasteiger partial charge in [0.25, 0.3) is 0 Å². The first kappa shape index (κ1) is 14.9. The van der Waals surface area contributed by atoms with Gasteiger partial charge in [-0.15, -0.1) is 0 Å². The lowest BCUT2D eigenvalue weighted by atomic mass is 9.85. The molecule has 8 heteroatoms.